The van der Waals surface area contributed by atoms with Crippen molar-refractivity contribution in [2.24, 2.45) is 0 Å². The highest BCUT2D eigenvalue weighted by atomic mass is 35.5. The van der Waals surface area contributed by atoms with Gasteiger partial charge in [0, 0.05) is 37.7 Å². The van der Waals surface area contributed by atoms with Gasteiger partial charge in [-0.1, -0.05) is 54.1 Å². The van der Waals surface area contributed by atoms with Gasteiger partial charge < -0.3 is 5.32 Å². The van der Waals surface area contributed by atoms with Crippen LogP contribution < -0.4 is 5.32 Å². The molecule has 1 amide bonds. The second-order valence-electron chi connectivity index (χ2n) is 7.60. The lowest BCUT2D eigenvalue weighted by atomic mass is 10.0. The first-order chi connectivity index (χ1) is 14.0. The molecule has 2 aromatic carbocycles. The molecule has 2 aromatic rings. The maximum absolute atomic E-state index is 12.5. The summed E-state index contributed by atoms with van der Waals surface area (Å²) in [5.74, 6) is -0.113. The van der Waals surface area contributed by atoms with Crippen molar-refractivity contribution in [2.75, 3.05) is 32.7 Å². The Morgan fingerprint density at radius 3 is 2.28 bits per heavy atom. The fraction of sp³-hybridized carbons (Fsp3) is 0.391. The van der Waals surface area contributed by atoms with Gasteiger partial charge >= 0.3 is 0 Å². The lowest BCUT2D eigenvalue weighted by molar-refractivity contribution is -0.127. The lowest BCUT2D eigenvalue weighted by Gasteiger charge is -2.34. The number of carbonyl (C=O) groups excluding carboxylic acids is 2. The van der Waals surface area contributed by atoms with Crippen molar-refractivity contribution >= 4 is 23.3 Å². The molecular weight excluding hydrogens is 386 g/mol. The monoisotopic (exact) mass is 413 g/mol. The zero-order chi connectivity index (χ0) is 20.6. The molecule has 0 radical (unpaired) electrons. The molecule has 29 heavy (non-hydrogen) atoms. The van der Waals surface area contributed by atoms with E-state index in [1.807, 2.05) is 48.5 Å². The number of halogens is 1. The molecule has 1 heterocycles. The molecule has 0 unspecified atom stereocenters. The summed E-state index contributed by atoms with van der Waals surface area (Å²) in [7, 11) is 0. The van der Waals surface area contributed by atoms with Crippen LogP contribution in [0.25, 0.3) is 0 Å². The molecule has 0 aliphatic carbocycles. The summed E-state index contributed by atoms with van der Waals surface area (Å²) in [6.45, 7) is 6.19. The number of piperazine rings is 1. The Morgan fingerprint density at radius 1 is 0.966 bits per heavy atom. The Hall–Kier alpha value is -2.21. The van der Waals surface area contributed by atoms with Gasteiger partial charge in [-0.25, -0.2) is 0 Å². The van der Waals surface area contributed by atoms with Crippen LogP contribution in [0.1, 0.15) is 18.1 Å². The number of carbonyl (C=O) groups is 2. The molecule has 1 fully saturated rings. The minimum Gasteiger partial charge on any atom is -0.345 e. The van der Waals surface area contributed by atoms with Gasteiger partial charge in [-0.15, -0.1) is 0 Å². The van der Waals surface area contributed by atoms with E-state index in [-0.39, 0.29) is 11.7 Å². The number of hydrogen-bond donors (Lipinski definition) is 1. The van der Waals surface area contributed by atoms with Gasteiger partial charge in [0.15, 0.2) is 5.78 Å². The molecule has 0 bridgehead atoms. The largest absolute Gasteiger partial charge is 0.345 e. The predicted molar refractivity (Wildman–Crippen MR) is 116 cm³/mol. The highest BCUT2D eigenvalue weighted by molar-refractivity contribution is 6.30. The lowest BCUT2D eigenvalue weighted by Crippen LogP contribution is -2.51. The van der Waals surface area contributed by atoms with Crippen LogP contribution in [0.4, 0.5) is 0 Å². The van der Waals surface area contributed by atoms with E-state index < -0.39 is 6.04 Å². The maximum Gasteiger partial charge on any atom is 0.234 e. The average molecular weight is 414 g/mol. The van der Waals surface area contributed by atoms with E-state index >= 15 is 0 Å². The number of ketones is 1. The number of benzene rings is 2. The number of amides is 1. The fourth-order valence-corrected chi connectivity index (χ4v) is 3.80. The first-order valence-electron chi connectivity index (χ1n) is 10.0. The second kappa shape index (κ2) is 10.5. The van der Waals surface area contributed by atoms with Gasteiger partial charge in [-0.2, -0.15) is 0 Å². The Labute approximate surface area is 177 Å². The molecule has 0 aromatic heterocycles. The van der Waals surface area contributed by atoms with Crippen LogP contribution in [-0.2, 0) is 22.6 Å². The minimum absolute atomic E-state index is 0.0199. The Balaban J connectivity index is 1.44. The minimum atomic E-state index is -0.478. The second-order valence-corrected chi connectivity index (χ2v) is 8.04. The Kier molecular flexibility index (Phi) is 7.81. The van der Waals surface area contributed by atoms with Crippen LogP contribution in [-0.4, -0.2) is 60.3 Å². The molecule has 1 N–H and O–H groups in total. The number of Topliss-reactive ketones (excluding diaryl/α,β-unsaturated/α-hetero) is 1. The van der Waals surface area contributed by atoms with Gasteiger partial charge in [-0.3, -0.25) is 19.4 Å². The van der Waals surface area contributed by atoms with Crippen LogP contribution in [0, 0.1) is 0 Å². The normalized spacial score (nSPS) is 16.3. The maximum atomic E-state index is 12.5. The summed E-state index contributed by atoms with van der Waals surface area (Å²) in [6, 6.07) is 17.2. The summed E-state index contributed by atoms with van der Waals surface area (Å²) < 4.78 is 0. The van der Waals surface area contributed by atoms with Gasteiger partial charge in [0.25, 0.3) is 0 Å². The van der Waals surface area contributed by atoms with Gasteiger partial charge in [-0.05, 0) is 36.6 Å². The number of nitrogens with zero attached hydrogens (tertiary/aromatic N) is 2. The first kappa shape index (κ1) is 21.5. The molecular formula is C23H28ClN3O2. The van der Waals surface area contributed by atoms with Gasteiger partial charge in [0.2, 0.25) is 5.91 Å². The zero-order valence-electron chi connectivity index (χ0n) is 16.8. The van der Waals surface area contributed by atoms with Crippen LogP contribution in [0.15, 0.2) is 54.6 Å². The molecule has 6 heteroatoms. The van der Waals surface area contributed by atoms with Crippen LogP contribution in [0.5, 0.6) is 0 Å². The van der Waals surface area contributed by atoms with E-state index in [9.17, 15) is 9.59 Å². The van der Waals surface area contributed by atoms with Crippen molar-refractivity contribution in [1.82, 2.24) is 15.1 Å². The molecule has 5 nitrogen and oxygen atoms in total. The number of rotatable bonds is 8. The quantitative estimate of drug-likeness (QED) is 0.723. The summed E-state index contributed by atoms with van der Waals surface area (Å²) in [6.07, 6.45) is 0.523. The Bertz CT molecular complexity index is 820. The summed E-state index contributed by atoms with van der Waals surface area (Å²) in [5.41, 5.74) is 2.25. The SMILES string of the molecule is CC(=O)[C@H](Cc1ccccc1)NC(=O)CN1CCN(Cc2cccc(Cl)c2)CC1. The zero-order valence-corrected chi connectivity index (χ0v) is 17.6. The molecule has 1 atom stereocenters. The summed E-state index contributed by atoms with van der Waals surface area (Å²) in [4.78, 5) is 29.0. The third-order valence-corrected chi connectivity index (χ3v) is 5.47. The van der Waals surface area contributed by atoms with Crippen LogP contribution in [0.3, 0.4) is 0 Å². The molecule has 154 valence electrons. The smallest absolute Gasteiger partial charge is 0.234 e. The van der Waals surface area contributed by atoms with Gasteiger partial charge in [0.1, 0.15) is 0 Å². The van der Waals surface area contributed by atoms with Crippen molar-refractivity contribution in [3.8, 4) is 0 Å². The highest BCUT2D eigenvalue weighted by Gasteiger charge is 2.22. The highest BCUT2D eigenvalue weighted by Crippen LogP contribution is 2.14. The predicted octanol–water partition coefficient (Wildman–Crippen LogP) is 2.77. The average Bonchev–Trinajstić information content (AvgIpc) is 2.70. The van der Waals surface area contributed by atoms with Crippen LogP contribution in [0.2, 0.25) is 5.02 Å². The van der Waals surface area contributed by atoms with Crippen LogP contribution >= 0.6 is 11.6 Å². The molecule has 0 saturated carbocycles. The number of hydrogen-bond acceptors (Lipinski definition) is 4. The van der Waals surface area contributed by atoms with Crippen molar-refractivity contribution in [2.45, 2.75) is 25.9 Å². The standard InChI is InChI=1S/C23H28ClN3O2/c1-18(28)22(15-19-6-3-2-4-7-19)25-23(29)17-27-12-10-26(11-13-27)16-20-8-5-9-21(24)14-20/h2-9,14,22H,10-13,15-17H2,1H3,(H,25,29)/t22-/m0/s1. The summed E-state index contributed by atoms with van der Waals surface area (Å²) in [5, 5.41) is 3.67. The van der Waals surface area contributed by atoms with Gasteiger partial charge in [0.05, 0.1) is 12.6 Å². The molecule has 3 rings (SSSR count). The van der Waals surface area contributed by atoms with E-state index in [1.54, 1.807) is 0 Å². The molecule has 1 aliphatic rings. The molecule has 1 saturated heterocycles. The molecule has 0 spiro atoms. The first-order valence-corrected chi connectivity index (χ1v) is 10.4. The van der Waals surface area contributed by atoms with E-state index in [1.165, 1.54) is 12.5 Å². The molecule has 1 aliphatic heterocycles. The van der Waals surface area contributed by atoms with E-state index in [0.29, 0.717) is 13.0 Å². The number of nitrogens with one attached hydrogen (secondary N) is 1. The van der Waals surface area contributed by atoms with Crippen molar-refractivity contribution < 1.29 is 9.59 Å². The summed E-state index contributed by atoms with van der Waals surface area (Å²) >= 11 is 6.06. The van der Waals surface area contributed by atoms with Crippen molar-refractivity contribution in [3.05, 3.63) is 70.7 Å². The third kappa shape index (κ3) is 6.96. The van der Waals surface area contributed by atoms with Crippen molar-refractivity contribution in [3.63, 3.8) is 0 Å². The van der Waals surface area contributed by atoms with E-state index in [0.717, 1.165) is 43.3 Å². The topological polar surface area (TPSA) is 52.7 Å². The van der Waals surface area contributed by atoms with E-state index in [2.05, 4.69) is 21.2 Å². The third-order valence-electron chi connectivity index (χ3n) is 5.24. The fourth-order valence-electron chi connectivity index (χ4n) is 3.59. The van der Waals surface area contributed by atoms with E-state index in [4.69, 9.17) is 11.6 Å². The van der Waals surface area contributed by atoms with Crippen molar-refractivity contribution in [1.29, 1.82) is 0 Å². The Morgan fingerprint density at radius 2 is 1.62 bits per heavy atom.